The Morgan fingerprint density at radius 1 is 1.10 bits per heavy atom. The average Bonchev–Trinajstić information content (AvgIpc) is 2.52. The summed E-state index contributed by atoms with van der Waals surface area (Å²) >= 11 is 0. The van der Waals surface area contributed by atoms with E-state index in [1.54, 1.807) is 13.8 Å². The molecule has 6 nitrogen and oxygen atoms in total. The molecule has 2 atom stereocenters. The zero-order valence-electron chi connectivity index (χ0n) is 13.7. The van der Waals surface area contributed by atoms with Gasteiger partial charge in [0, 0.05) is 6.54 Å². The van der Waals surface area contributed by atoms with Crippen LogP contribution >= 0.6 is 0 Å². The molecule has 6 heteroatoms. The molecule has 1 rings (SSSR count). The molecule has 0 aliphatic carbocycles. The highest BCUT2D eigenvalue weighted by Crippen LogP contribution is 2.28. The first-order chi connectivity index (χ1) is 9.61. The van der Waals surface area contributed by atoms with Gasteiger partial charge in [0.25, 0.3) is 5.91 Å². The number of nitrogens with zero attached hydrogens (tertiary/aromatic N) is 2. The Labute approximate surface area is 126 Å². The van der Waals surface area contributed by atoms with E-state index < -0.39 is 23.8 Å². The molecule has 1 fully saturated rings. The smallest absolute Gasteiger partial charge is 0.327 e. The van der Waals surface area contributed by atoms with E-state index in [1.165, 1.54) is 4.90 Å². The van der Waals surface area contributed by atoms with Crippen LogP contribution in [0.25, 0.3) is 0 Å². The Morgan fingerprint density at radius 3 is 2.14 bits per heavy atom. The SMILES string of the molecule is CCC(O)CN1C(=O)N(CC(O)CC(C)C)C(=O)C1(C)C. The van der Waals surface area contributed by atoms with E-state index in [0.29, 0.717) is 18.8 Å². The van der Waals surface area contributed by atoms with Gasteiger partial charge < -0.3 is 15.1 Å². The summed E-state index contributed by atoms with van der Waals surface area (Å²) in [6, 6.07) is -0.430. The molecule has 0 aromatic rings. The predicted molar refractivity (Wildman–Crippen MR) is 79.7 cm³/mol. The van der Waals surface area contributed by atoms with Crippen LogP contribution in [-0.4, -0.2) is 62.8 Å². The lowest BCUT2D eigenvalue weighted by atomic mass is 10.0. The van der Waals surface area contributed by atoms with Crippen molar-refractivity contribution in [2.45, 2.75) is 65.2 Å². The van der Waals surface area contributed by atoms with Crippen LogP contribution in [0.5, 0.6) is 0 Å². The largest absolute Gasteiger partial charge is 0.391 e. The van der Waals surface area contributed by atoms with E-state index in [1.807, 2.05) is 20.8 Å². The van der Waals surface area contributed by atoms with Gasteiger partial charge in [0.2, 0.25) is 0 Å². The molecule has 122 valence electrons. The lowest BCUT2D eigenvalue weighted by Gasteiger charge is -2.29. The Hall–Kier alpha value is -1.14. The van der Waals surface area contributed by atoms with Gasteiger partial charge in [0.1, 0.15) is 5.54 Å². The number of carbonyl (C=O) groups excluding carboxylic acids is 2. The number of β-amino-alcohol motifs (C(OH)–C–C–N with tert-alkyl or cyclic N) is 2. The summed E-state index contributed by atoms with van der Waals surface area (Å²) in [5.41, 5.74) is -0.981. The van der Waals surface area contributed by atoms with E-state index in [0.717, 1.165) is 4.90 Å². The number of aliphatic hydroxyl groups excluding tert-OH is 2. The third-order valence-corrected chi connectivity index (χ3v) is 3.91. The highest BCUT2D eigenvalue weighted by atomic mass is 16.3. The molecule has 0 bridgehead atoms. The number of hydrogen-bond acceptors (Lipinski definition) is 4. The fourth-order valence-electron chi connectivity index (χ4n) is 2.55. The zero-order valence-corrected chi connectivity index (χ0v) is 13.7. The summed E-state index contributed by atoms with van der Waals surface area (Å²) in [5.74, 6) is -0.0301. The molecule has 0 spiro atoms. The van der Waals surface area contributed by atoms with Gasteiger partial charge in [-0.3, -0.25) is 9.69 Å². The molecule has 21 heavy (non-hydrogen) atoms. The van der Waals surface area contributed by atoms with Crippen molar-refractivity contribution < 1.29 is 19.8 Å². The fourth-order valence-corrected chi connectivity index (χ4v) is 2.55. The number of hydrogen-bond donors (Lipinski definition) is 2. The van der Waals surface area contributed by atoms with Crippen molar-refractivity contribution in [2.75, 3.05) is 13.1 Å². The lowest BCUT2D eigenvalue weighted by Crippen LogP contribution is -2.47. The minimum atomic E-state index is -0.981. The van der Waals surface area contributed by atoms with E-state index in [-0.39, 0.29) is 19.0 Å². The Balaban J connectivity index is 2.84. The van der Waals surface area contributed by atoms with Crippen LogP contribution in [0, 0.1) is 5.92 Å². The molecule has 1 aliphatic heterocycles. The summed E-state index contributed by atoms with van der Waals surface area (Å²) < 4.78 is 0. The Morgan fingerprint density at radius 2 is 1.67 bits per heavy atom. The molecule has 1 heterocycles. The van der Waals surface area contributed by atoms with Crippen LogP contribution in [0.2, 0.25) is 0 Å². The highest BCUT2D eigenvalue weighted by Gasteiger charge is 2.51. The number of carbonyl (C=O) groups is 2. The summed E-state index contributed by atoms with van der Waals surface area (Å²) in [4.78, 5) is 27.3. The predicted octanol–water partition coefficient (Wildman–Crippen LogP) is 1.21. The molecular formula is C15H28N2O4. The number of urea groups is 1. The second kappa shape index (κ2) is 6.75. The second-order valence-electron chi connectivity index (χ2n) is 6.71. The molecule has 0 saturated carbocycles. The number of rotatable bonds is 7. The van der Waals surface area contributed by atoms with Gasteiger partial charge in [-0.05, 0) is 32.6 Å². The van der Waals surface area contributed by atoms with Crippen molar-refractivity contribution >= 4 is 11.9 Å². The standard InChI is InChI=1S/C15H28N2O4/c1-6-11(18)9-17-14(21)16(13(20)15(17,4)5)8-12(19)7-10(2)3/h10-12,18-19H,6-9H2,1-5H3. The van der Waals surface area contributed by atoms with Crippen LogP contribution in [0.15, 0.2) is 0 Å². The summed E-state index contributed by atoms with van der Waals surface area (Å²) in [6.45, 7) is 9.26. The second-order valence-corrected chi connectivity index (χ2v) is 6.71. The summed E-state index contributed by atoms with van der Waals surface area (Å²) in [7, 11) is 0. The van der Waals surface area contributed by atoms with E-state index in [4.69, 9.17) is 0 Å². The van der Waals surface area contributed by atoms with E-state index in [9.17, 15) is 19.8 Å². The molecule has 1 saturated heterocycles. The maximum absolute atomic E-state index is 12.4. The van der Waals surface area contributed by atoms with Crippen LogP contribution < -0.4 is 0 Å². The van der Waals surface area contributed by atoms with Crippen molar-refractivity contribution in [2.24, 2.45) is 5.92 Å². The molecule has 2 unspecified atom stereocenters. The van der Waals surface area contributed by atoms with Crippen LogP contribution in [0.1, 0.15) is 47.5 Å². The first-order valence-electron chi connectivity index (χ1n) is 7.60. The number of aliphatic hydroxyl groups is 2. The van der Waals surface area contributed by atoms with Crippen LogP contribution in [0.4, 0.5) is 4.79 Å². The molecule has 0 radical (unpaired) electrons. The first-order valence-corrected chi connectivity index (χ1v) is 7.60. The van der Waals surface area contributed by atoms with E-state index >= 15 is 0 Å². The van der Waals surface area contributed by atoms with Crippen molar-refractivity contribution in [3.63, 3.8) is 0 Å². The molecule has 0 aromatic carbocycles. The van der Waals surface area contributed by atoms with Crippen LogP contribution in [0.3, 0.4) is 0 Å². The third-order valence-electron chi connectivity index (χ3n) is 3.91. The summed E-state index contributed by atoms with van der Waals surface area (Å²) in [6.07, 6.45) is -0.314. The average molecular weight is 300 g/mol. The number of imide groups is 1. The Kier molecular flexibility index (Phi) is 5.75. The maximum atomic E-state index is 12.4. The minimum Gasteiger partial charge on any atom is -0.391 e. The Bertz CT molecular complexity index is 395. The zero-order chi connectivity index (χ0) is 16.4. The molecule has 2 N–H and O–H groups in total. The van der Waals surface area contributed by atoms with Crippen molar-refractivity contribution in [3.8, 4) is 0 Å². The lowest BCUT2D eigenvalue weighted by molar-refractivity contribution is -0.133. The van der Waals surface area contributed by atoms with Crippen molar-refractivity contribution in [1.29, 1.82) is 0 Å². The van der Waals surface area contributed by atoms with Gasteiger partial charge in [0.05, 0.1) is 18.8 Å². The minimum absolute atomic E-state index is 0.0119. The van der Waals surface area contributed by atoms with Crippen molar-refractivity contribution in [3.05, 3.63) is 0 Å². The normalized spacial score (nSPS) is 21.3. The van der Waals surface area contributed by atoms with Gasteiger partial charge in [-0.15, -0.1) is 0 Å². The van der Waals surface area contributed by atoms with E-state index in [2.05, 4.69) is 0 Å². The topological polar surface area (TPSA) is 81.1 Å². The molecule has 1 aliphatic rings. The molecule has 3 amide bonds. The molecule has 0 aromatic heterocycles. The van der Waals surface area contributed by atoms with Gasteiger partial charge >= 0.3 is 6.03 Å². The van der Waals surface area contributed by atoms with Crippen molar-refractivity contribution in [1.82, 2.24) is 9.80 Å². The monoisotopic (exact) mass is 300 g/mol. The fraction of sp³-hybridized carbons (Fsp3) is 0.867. The van der Waals surface area contributed by atoms with Gasteiger partial charge in [-0.25, -0.2) is 4.79 Å². The number of amides is 3. The first kappa shape index (κ1) is 17.9. The van der Waals surface area contributed by atoms with Gasteiger partial charge in [0.15, 0.2) is 0 Å². The quantitative estimate of drug-likeness (QED) is 0.692. The van der Waals surface area contributed by atoms with Crippen LogP contribution in [-0.2, 0) is 4.79 Å². The van der Waals surface area contributed by atoms with Gasteiger partial charge in [-0.2, -0.15) is 0 Å². The highest BCUT2D eigenvalue weighted by molar-refractivity contribution is 6.06. The van der Waals surface area contributed by atoms with Gasteiger partial charge in [-0.1, -0.05) is 20.8 Å². The third kappa shape index (κ3) is 3.95. The maximum Gasteiger partial charge on any atom is 0.327 e. The molecular weight excluding hydrogens is 272 g/mol. The summed E-state index contributed by atoms with van der Waals surface area (Å²) in [5, 5.41) is 19.8.